The predicted octanol–water partition coefficient (Wildman–Crippen LogP) is 1.59. The van der Waals surface area contributed by atoms with Crippen LogP contribution in [-0.4, -0.2) is 78.5 Å². The molecule has 27 heavy (non-hydrogen) atoms. The fourth-order valence-electron chi connectivity index (χ4n) is 3.84. The maximum absolute atomic E-state index is 13.5. The van der Waals surface area contributed by atoms with E-state index in [1.54, 1.807) is 24.0 Å². The summed E-state index contributed by atoms with van der Waals surface area (Å²) in [7, 11) is 0. The summed E-state index contributed by atoms with van der Waals surface area (Å²) in [5.41, 5.74) is -0.697. The van der Waals surface area contributed by atoms with Crippen molar-refractivity contribution in [3.8, 4) is 5.75 Å². The molecule has 1 unspecified atom stereocenters. The molecule has 6 nitrogen and oxygen atoms in total. The number of β-amino-alcohol motifs (C(OH)–C–C–N with tert-alkyl or cyclic N) is 1. The van der Waals surface area contributed by atoms with Crippen LogP contribution in [0.1, 0.15) is 25.3 Å². The normalized spacial score (nSPS) is 25.3. The third-order valence-electron chi connectivity index (χ3n) is 5.43. The molecule has 0 aliphatic carbocycles. The van der Waals surface area contributed by atoms with Gasteiger partial charge in [-0.1, -0.05) is 0 Å². The molecule has 0 saturated carbocycles. The highest BCUT2D eigenvalue weighted by Gasteiger charge is 2.39. The summed E-state index contributed by atoms with van der Waals surface area (Å²) in [5.74, 6) is 0.169. The van der Waals surface area contributed by atoms with Gasteiger partial charge in [-0.25, -0.2) is 4.39 Å². The van der Waals surface area contributed by atoms with Crippen LogP contribution in [0.25, 0.3) is 0 Å². The Kier molecular flexibility index (Phi) is 6.34. The summed E-state index contributed by atoms with van der Waals surface area (Å²) in [4.78, 5) is 15.9. The molecule has 1 amide bonds. The van der Waals surface area contributed by atoms with Gasteiger partial charge in [0.1, 0.15) is 23.8 Å². The molecule has 3 rings (SSSR count). The zero-order valence-corrected chi connectivity index (χ0v) is 16.1. The van der Waals surface area contributed by atoms with Crippen molar-refractivity contribution in [3.63, 3.8) is 0 Å². The molecule has 7 heteroatoms. The first kappa shape index (κ1) is 20.0. The topological polar surface area (TPSA) is 62.2 Å². The summed E-state index contributed by atoms with van der Waals surface area (Å²) in [6.07, 6.45) is 1.85. The molecule has 1 atom stereocenters. The van der Waals surface area contributed by atoms with Crippen molar-refractivity contribution < 1.29 is 23.8 Å². The third kappa shape index (κ3) is 5.18. The van der Waals surface area contributed by atoms with Crippen LogP contribution in [0.2, 0.25) is 0 Å². The molecule has 1 aromatic carbocycles. The number of nitrogens with zero attached hydrogens (tertiary/aromatic N) is 2. The van der Waals surface area contributed by atoms with Gasteiger partial charge in [0.25, 0.3) is 0 Å². The zero-order valence-electron chi connectivity index (χ0n) is 16.1. The van der Waals surface area contributed by atoms with E-state index in [0.29, 0.717) is 30.4 Å². The lowest BCUT2D eigenvalue weighted by atomic mass is 10.0. The average molecular weight is 380 g/mol. The number of aryl methyl sites for hydroxylation is 1. The van der Waals surface area contributed by atoms with Gasteiger partial charge in [-0.15, -0.1) is 0 Å². The molecule has 2 fully saturated rings. The number of amides is 1. The van der Waals surface area contributed by atoms with Crippen LogP contribution in [0.3, 0.4) is 0 Å². The molecule has 0 aromatic heterocycles. The molecule has 1 N–H and O–H groups in total. The van der Waals surface area contributed by atoms with Crippen molar-refractivity contribution in [2.24, 2.45) is 0 Å². The van der Waals surface area contributed by atoms with Crippen molar-refractivity contribution in [1.29, 1.82) is 0 Å². The van der Waals surface area contributed by atoms with Gasteiger partial charge in [-0.3, -0.25) is 9.69 Å². The maximum atomic E-state index is 13.5. The number of hydrogen-bond acceptors (Lipinski definition) is 5. The highest BCUT2D eigenvalue weighted by Crippen LogP contribution is 2.23. The lowest BCUT2D eigenvalue weighted by Gasteiger charge is -2.37. The second kappa shape index (κ2) is 8.54. The van der Waals surface area contributed by atoms with Gasteiger partial charge in [0, 0.05) is 45.8 Å². The SMILES string of the molecule is CC(=O)N1CCN(C2CCOCC2)CC(O)(COc2ccc(F)c(C)c2)C1. The minimum absolute atomic E-state index is 0.0432. The summed E-state index contributed by atoms with van der Waals surface area (Å²) in [6.45, 7) is 6.66. The second-order valence-electron chi connectivity index (χ2n) is 7.68. The van der Waals surface area contributed by atoms with Gasteiger partial charge >= 0.3 is 0 Å². The van der Waals surface area contributed by atoms with Crippen molar-refractivity contribution in [1.82, 2.24) is 9.80 Å². The van der Waals surface area contributed by atoms with Crippen LogP contribution in [0, 0.1) is 12.7 Å². The lowest BCUT2D eigenvalue weighted by molar-refractivity contribution is -0.132. The van der Waals surface area contributed by atoms with E-state index in [4.69, 9.17) is 9.47 Å². The first-order valence-electron chi connectivity index (χ1n) is 9.55. The van der Waals surface area contributed by atoms with Crippen LogP contribution in [0.4, 0.5) is 4.39 Å². The third-order valence-corrected chi connectivity index (χ3v) is 5.43. The zero-order chi connectivity index (χ0) is 19.4. The van der Waals surface area contributed by atoms with Crippen LogP contribution in [-0.2, 0) is 9.53 Å². The quantitative estimate of drug-likeness (QED) is 0.860. The van der Waals surface area contributed by atoms with Gasteiger partial charge in [0.05, 0.1) is 6.54 Å². The van der Waals surface area contributed by atoms with E-state index >= 15 is 0 Å². The standard InChI is InChI=1S/C20H29FN2O4/c1-15-11-18(3-4-19(15)21)27-14-20(25)12-22(16(2)24)7-8-23(13-20)17-5-9-26-10-6-17/h3-4,11,17,25H,5-10,12-14H2,1-2H3. The molecule has 0 radical (unpaired) electrons. The Morgan fingerprint density at radius 3 is 2.74 bits per heavy atom. The van der Waals surface area contributed by atoms with E-state index in [9.17, 15) is 14.3 Å². The summed E-state index contributed by atoms with van der Waals surface area (Å²) < 4.78 is 24.7. The Morgan fingerprint density at radius 1 is 1.33 bits per heavy atom. The summed E-state index contributed by atoms with van der Waals surface area (Å²) >= 11 is 0. The Balaban J connectivity index is 1.72. The molecule has 2 heterocycles. The van der Waals surface area contributed by atoms with Crippen LogP contribution in [0.15, 0.2) is 18.2 Å². The van der Waals surface area contributed by atoms with Crippen molar-refractivity contribution in [2.75, 3.05) is 46.0 Å². The van der Waals surface area contributed by atoms with E-state index in [2.05, 4.69) is 4.90 Å². The fraction of sp³-hybridized carbons (Fsp3) is 0.650. The number of rotatable bonds is 4. The molecule has 1 aromatic rings. The lowest BCUT2D eigenvalue weighted by Crippen LogP contribution is -2.53. The first-order valence-corrected chi connectivity index (χ1v) is 9.55. The van der Waals surface area contributed by atoms with Gasteiger partial charge < -0.3 is 19.5 Å². The molecular formula is C20H29FN2O4. The number of carbonyl (C=O) groups excluding carboxylic acids is 1. The van der Waals surface area contributed by atoms with E-state index in [-0.39, 0.29) is 24.9 Å². The number of halogens is 1. The number of benzene rings is 1. The van der Waals surface area contributed by atoms with E-state index in [0.717, 1.165) is 32.6 Å². The van der Waals surface area contributed by atoms with Crippen LogP contribution in [0.5, 0.6) is 5.75 Å². The highest BCUT2D eigenvalue weighted by atomic mass is 19.1. The molecular weight excluding hydrogens is 351 g/mol. The molecule has 150 valence electrons. The Morgan fingerprint density at radius 2 is 2.07 bits per heavy atom. The van der Waals surface area contributed by atoms with Gasteiger partial charge in [0.15, 0.2) is 0 Å². The number of ether oxygens (including phenoxy) is 2. The van der Waals surface area contributed by atoms with E-state index in [1.165, 1.54) is 13.0 Å². The van der Waals surface area contributed by atoms with Gasteiger partial charge in [-0.05, 0) is 43.5 Å². The largest absolute Gasteiger partial charge is 0.490 e. The Hall–Kier alpha value is -1.70. The van der Waals surface area contributed by atoms with Crippen molar-refractivity contribution in [2.45, 2.75) is 38.3 Å². The van der Waals surface area contributed by atoms with Crippen LogP contribution >= 0.6 is 0 Å². The molecule has 0 bridgehead atoms. The Labute approximate surface area is 159 Å². The molecule has 2 saturated heterocycles. The molecule has 2 aliphatic heterocycles. The van der Waals surface area contributed by atoms with E-state index < -0.39 is 5.60 Å². The van der Waals surface area contributed by atoms with Crippen molar-refractivity contribution >= 4 is 5.91 Å². The average Bonchev–Trinajstić information content (AvgIpc) is 2.83. The summed E-state index contributed by atoms with van der Waals surface area (Å²) in [6, 6.07) is 4.87. The minimum Gasteiger partial charge on any atom is -0.490 e. The maximum Gasteiger partial charge on any atom is 0.219 e. The number of hydrogen-bond donors (Lipinski definition) is 1. The second-order valence-corrected chi connectivity index (χ2v) is 7.68. The Bertz CT molecular complexity index is 665. The first-order chi connectivity index (χ1) is 12.9. The minimum atomic E-state index is -1.19. The van der Waals surface area contributed by atoms with Crippen LogP contribution < -0.4 is 4.74 Å². The van der Waals surface area contributed by atoms with Gasteiger partial charge in [-0.2, -0.15) is 0 Å². The fourth-order valence-corrected chi connectivity index (χ4v) is 3.84. The number of carbonyl (C=O) groups is 1. The number of aliphatic hydroxyl groups is 1. The highest BCUT2D eigenvalue weighted by molar-refractivity contribution is 5.73. The molecule has 2 aliphatic rings. The monoisotopic (exact) mass is 380 g/mol. The molecule has 0 spiro atoms. The van der Waals surface area contributed by atoms with Crippen molar-refractivity contribution in [3.05, 3.63) is 29.6 Å². The summed E-state index contributed by atoms with van der Waals surface area (Å²) in [5, 5.41) is 11.3. The predicted molar refractivity (Wildman–Crippen MR) is 99.2 cm³/mol. The smallest absolute Gasteiger partial charge is 0.219 e. The van der Waals surface area contributed by atoms with E-state index in [1.807, 2.05) is 0 Å². The van der Waals surface area contributed by atoms with Gasteiger partial charge in [0.2, 0.25) is 5.91 Å².